The van der Waals surface area contributed by atoms with Gasteiger partial charge in [-0.05, 0) is 12.1 Å². The van der Waals surface area contributed by atoms with Crippen molar-refractivity contribution in [1.29, 1.82) is 0 Å². The molecule has 0 aliphatic heterocycles. The van der Waals surface area contributed by atoms with Crippen LogP contribution in [0.5, 0.6) is 5.88 Å². The molecule has 19 heavy (non-hydrogen) atoms. The summed E-state index contributed by atoms with van der Waals surface area (Å²) >= 11 is 0. The van der Waals surface area contributed by atoms with Crippen molar-refractivity contribution in [2.45, 2.75) is 6.54 Å². The minimum Gasteiger partial charge on any atom is -0.481 e. The molecule has 3 rings (SSSR count). The molecule has 6 nitrogen and oxygen atoms in total. The Hall–Kier alpha value is -2.63. The van der Waals surface area contributed by atoms with Gasteiger partial charge in [-0.2, -0.15) is 0 Å². The van der Waals surface area contributed by atoms with Crippen molar-refractivity contribution in [2.24, 2.45) is 0 Å². The van der Waals surface area contributed by atoms with Gasteiger partial charge < -0.3 is 9.15 Å². The van der Waals surface area contributed by atoms with E-state index in [4.69, 9.17) is 9.15 Å². The molecule has 0 aromatic carbocycles. The second-order valence-corrected chi connectivity index (χ2v) is 4.02. The molecular weight excluding hydrogens is 244 g/mol. The van der Waals surface area contributed by atoms with Gasteiger partial charge in [0, 0.05) is 23.4 Å². The molecule has 0 atom stereocenters. The van der Waals surface area contributed by atoms with Gasteiger partial charge >= 0.3 is 0 Å². The standard InChI is InChI=1S/C13H12N4O2/c1-18-13-3-2-11(6-14-13)12-8-17(16-15-12)7-10-4-5-19-9-10/h2-6,8-9H,7H2,1H3. The van der Waals surface area contributed by atoms with Crippen LogP contribution in [0.4, 0.5) is 0 Å². The molecule has 3 aromatic heterocycles. The van der Waals surface area contributed by atoms with Gasteiger partial charge in [-0.3, -0.25) is 0 Å². The number of rotatable bonds is 4. The predicted octanol–water partition coefficient (Wildman–Crippen LogP) is 1.99. The second kappa shape index (κ2) is 4.93. The molecule has 0 aliphatic rings. The summed E-state index contributed by atoms with van der Waals surface area (Å²) in [5.41, 5.74) is 2.72. The topological polar surface area (TPSA) is 66.0 Å². The highest BCUT2D eigenvalue weighted by atomic mass is 16.5. The van der Waals surface area contributed by atoms with Crippen molar-refractivity contribution in [1.82, 2.24) is 20.0 Å². The average Bonchev–Trinajstić information content (AvgIpc) is 3.11. The molecule has 0 spiro atoms. The Morgan fingerprint density at radius 2 is 2.26 bits per heavy atom. The average molecular weight is 256 g/mol. The fraction of sp³-hybridized carbons (Fsp3) is 0.154. The smallest absolute Gasteiger partial charge is 0.212 e. The largest absolute Gasteiger partial charge is 0.481 e. The fourth-order valence-electron chi connectivity index (χ4n) is 1.73. The number of nitrogens with zero attached hydrogens (tertiary/aromatic N) is 4. The van der Waals surface area contributed by atoms with Crippen molar-refractivity contribution in [3.05, 3.63) is 48.7 Å². The van der Waals surface area contributed by atoms with Gasteiger partial charge in [0.25, 0.3) is 0 Å². The summed E-state index contributed by atoms with van der Waals surface area (Å²) in [5.74, 6) is 0.578. The summed E-state index contributed by atoms with van der Waals surface area (Å²) in [6, 6.07) is 5.60. The Kier molecular flexibility index (Phi) is 2.97. The Morgan fingerprint density at radius 3 is 2.95 bits per heavy atom. The summed E-state index contributed by atoms with van der Waals surface area (Å²) in [4.78, 5) is 4.14. The van der Waals surface area contributed by atoms with Crippen LogP contribution in [0.1, 0.15) is 5.56 Å². The SMILES string of the molecule is COc1ccc(-c2cn(Cc3ccoc3)nn2)cn1. The van der Waals surface area contributed by atoms with Gasteiger partial charge in [-0.1, -0.05) is 5.21 Å². The zero-order chi connectivity index (χ0) is 13.1. The predicted molar refractivity (Wildman–Crippen MR) is 67.6 cm³/mol. The van der Waals surface area contributed by atoms with E-state index in [1.807, 2.05) is 18.3 Å². The molecule has 3 heterocycles. The molecule has 96 valence electrons. The zero-order valence-electron chi connectivity index (χ0n) is 10.4. The van der Waals surface area contributed by atoms with E-state index in [1.54, 1.807) is 36.6 Å². The highest BCUT2D eigenvalue weighted by molar-refractivity contribution is 5.56. The first kappa shape index (κ1) is 11.5. The van der Waals surface area contributed by atoms with Gasteiger partial charge in [0.2, 0.25) is 5.88 Å². The molecule has 0 unspecified atom stereocenters. The van der Waals surface area contributed by atoms with E-state index in [0.29, 0.717) is 12.4 Å². The van der Waals surface area contributed by atoms with Gasteiger partial charge in [0.05, 0.1) is 32.4 Å². The molecule has 0 bridgehead atoms. The normalized spacial score (nSPS) is 10.6. The van der Waals surface area contributed by atoms with Crippen LogP contribution in [0.25, 0.3) is 11.3 Å². The highest BCUT2D eigenvalue weighted by Crippen LogP contribution is 2.17. The molecule has 0 N–H and O–H groups in total. The number of methoxy groups -OCH3 is 1. The monoisotopic (exact) mass is 256 g/mol. The first-order valence-corrected chi connectivity index (χ1v) is 5.77. The van der Waals surface area contributed by atoms with E-state index in [9.17, 15) is 0 Å². The first-order chi connectivity index (χ1) is 9.35. The van der Waals surface area contributed by atoms with Crippen molar-refractivity contribution >= 4 is 0 Å². The van der Waals surface area contributed by atoms with Crippen LogP contribution in [0.15, 0.2) is 47.5 Å². The van der Waals surface area contributed by atoms with Crippen LogP contribution in [-0.4, -0.2) is 27.1 Å². The van der Waals surface area contributed by atoms with E-state index in [-0.39, 0.29) is 0 Å². The van der Waals surface area contributed by atoms with Gasteiger partial charge in [-0.15, -0.1) is 5.10 Å². The summed E-state index contributed by atoms with van der Waals surface area (Å²) in [5, 5.41) is 8.20. The molecule has 0 radical (unpaired) electrons. The molecular formula is C13H12N4O2. The molecule has 0 fully saturated rings. The summed E-state index contributed by atoms with van der Waals surface area (Å²) in [6.07, 6.45) is 6.92. The minimum absolute atomic E-state index is 0.578. The molecule has 0 amide bonds. The first-order valence-electron chi connectivity index (χ1n) is 5.77. The molecule has 0 saturated carbocycles. The quantitative estimate of drug-likeness (QED) is 0.714. The highest BCUT2D eigenvalue weighted by Gasteiger charge is 2.05. The Morgan fingerprint density at radius 1 is 1.32 bits per heavy atom. The summed E-state index contributed by atoms with van der Waals surface area (Å²) in [6.45, 7) is 0.632. The van der Waals surface area contributed by atoms with Crippen molar-refractivity contribution in [3.63, 3.8) is 0 Å². The van der Waals surface area contributed by atoms with Crippen molar-refractivity contribution in [3.8, 4) is 17.1 Å². The Bertz CT molecular complexity index is 644. The van der Waals surface area contributed by atoms with Crippen LogP contribution < -0.4 is 4.74 Å². The number of pyridine rings is 1. The maximum atomic E-state index is 5.02. The van der Waals surface area contributed by atoms with Crippen molar-refractivity contribution < 1.29 is 9.15 Å². The van der Waals surface area contributed by atoms with E-state index in [1.165, 1.54) is 0 Å². The van der Waals surface area contributed by atoms with Crippen LogP contribution in [0, 0.1) is 0 Å². The minimum atomic E-state index is 0.578. The lowest BCUT2D eigenvalue weighted by Crippen LogP contribution is -1.98. The lowest BCUT2D eigenvalue weighted by Gasteiger charge is -1.98. The van der Waals surface area contributed by atoms with E-state index in [0.717, 1.165) is 16.8 Å². The van der Waals surface area contributed by atoms with Crippen LogP contribution in [0.3, 0.4) is 0 Å². The van der Waals surface area contributed by atoms with Gasteiger partial charge in [0.1, 0.15) is 5.69 Å². The maximum absolute atomic E-state index is 5.02. The third kappa shape index (κ3) is 2.47. The van der Waals surface area contributed by atoms with E-state index in [2.05, 4.69) is 15.3 Å². The Labute approximate surface area is 109 Å². The van der Waals surface area contributed by atoms with Gasteiger partial charge in [0.15, 0.2) is 0 Å². The lowest BCUT2D eigenvalue weighted by atomic mass is 10.2. The molecule has 3 aromatic rings. The number of ether oxygens (including phenoxy) is 1. The zero-order valence-corrected chi connectivity index (χ0v) is 10.4. The lowest BCUT2D eigenvalue weighted by molar-refractivity contribution is 0.398. The summed E-state index contributed by atoms with van der Waals surface area (Å²) in [7, 11) is 1.59. The number of aromatic nitrogens is 4. The number of hydrogen-bond donors (Lipinski definition) is 0. The van der Waals surface area contributed by atoms with Crippen molar-refractivity contribution in [2.75, 3.05) is 7.11 Å². The Balaban J connectivity index is 1.80. The molecule has 6 heteroatoms. The molecule has 0 saturated heterocycles. The molecule has 0 aliphatic carbocycles. The fourth-order valence-corrected chi connectivity index (χ4v) is 1.73. The maximum Gasteiger partial charge on any atom is 0.212 e. The third-order valence-electron chi connectivity index (χ3n) is 2.70. The van der Waals surface area contributed by atoms with Gasteiger partial charge in [-0.25, -0.2) is 9.67 Å². The van der Waals surface area contributed by atoms with E-state index < -0.39 is 0 Å². The summed E-state index contributed by atoms with van der Waals surface area (Å²) < 4.78 is 11.8. The van der Waals surface area contributed by atoms with E-state index >= 15 is 0 Å². The van der Waals surface area contributed by atoms with Crippen LogP contribution in [0.2, 0.25) is 0 Å². The van der Waals surface area contributed by atoms with Crippen LogP contribution in [-0.2, 0) is 6.54 Å². The number of hydrogen-bond acceptors (Lipinski definition) is 5. The second-order valence-electron chi connectivity index (χ2n) is 4.02. The third-order valence-corrected chi connectivity index (χ3v) is 2.70. The van der Waals surface area contributed by atoms with Crippen LogP contribution >= 0.6 is 0 Å². The number of furan rings is 1.